The van der Waals surface area contributed by atoms with Crippen LogP contribution in [0.2, 0.25) is 0 Å². The lowest BCUT2D eigenvalue weighted by molar-refractivity contribution is 0.0659. The van der Waals surface area contributed by atoms with Crippen LogP contribution < -0.4 is 0 Å². The molecule has 0 atom stereocenters. The zero-order valence-electron chi connectivity index (χ0n) is 18.5. The summed E-state index contributed by atoms with van der Waals surface area (Å²) in [4.78, 5) is 21.3. The largest absolute Gasteiger partial charge is 0.493 e. The number of pyridine rings is 1. The second kappa shape index (κ2) is 8.81. The lowest BCUT2D eigenvalue weighted by Gasteiger charge is -2.35. The van der Waals surface area contributed by atoms with E-state index in [9.17, 15) is 9.90 Å². The predicted molar refractivity (Wildman–Crippen MR) is 121 cm³/mol. The van der Waals surface area contributed by atoms with Crippen LogP contribution in [0.15, 0.2) is 42.7 Å². The third-order valence-electron chi connectivity index (χ3n) is 6.16. The first-order valence-corrected chi connectivity index (χ1v) is 10.6. The van der Waals surface area contributed by atoms with Crippen LogP contribution in [0.3, 0.4) is 0 Å². The number of carbonyl (C=O) groups is 1. The Morgan fingerprint density at radius 2 is 1.94 bits per heavy atom. The molecular weight excluding hydrogens is 404 g/mol. The molecule has 4 rings (SSSR count). The summed E-state index contributed by atoms with van der Waals surface area (Å²) < 4.78 is 1.34. The van der Waals surface area contributed by atoms with E-state index in [1.165, 1.54) is 10.9 Å². The first kappa shape index (κ1) is 21.5. The molecule has 0 unspecified atom stereocenters. The summed E-state index contributed by atoms with van der Waals surface area (Å²) in [7, 11) is 3.94. The minimum absolute atomic E-state index is 0.0483. The summed E-state index contributed by atoms with van der Waals surface area (Å²) in [6.07, 6.45) is 5.01. The van der Waals surface area contributed by atoms with Crippen LogP contribution in [-0.2, 0) is 0 Å². The van der Waals surface area contributed by atoms with Crippen molar-refractivity contribution in [2.45, 2.75) is 25.8 Å². The van der Waals surface area contributed by atoms with E-state index in [1.54, 1.807) is 41.4 Å². The van der Waals surface area contributed by atoms with Gasteiger partial charge in [-0.1, -0.05) is 6.07 Å². The van der Waals surface area contributed by atoms with Gasteiger partial charge in [0.2, 0.25) is 5.88 Å². The number of benzene rings is 1. The molecule has 3 heterocycles. The van der Waals surface area contributed by atoms with E-state index < -0.39 is 0 Å². The van der Waals surface area contributed by atoms with Crippen molar-refractivity contribution in [3.05, 3.63) is 59.4 Å². The third-order valence-corrected chi connectivity index (χ3v) is 6.16. The van der Waals surface area contributed by atoms with Crippen molar-refractivity contribution < 1.29 is 9.90 Å². The number of hydrogen-bond donors (Lipinski definition) is 1. The molecule has 1 aliphatic rings. The molecule has 8 heteroatoms. The van der Waals surface area contributed by atoms with Crippen LogP contribution >= 0.6 is 0 Å². The van der Waals surface area contributed by atoms with Crippen molar-refractivity contribution in [2.75, 3.05) is 27.2 Å². The Labute approximate surface area is 187 Å². The Hall–Kier alpha value is -3.70. The summed E-state index contributed by atoms with van der Waals surface area (Å²) in [5.74, 6) is 0.309. The van der Waals surface area contributed by atoms with Gasteiger partial charge in [0, 0.05) is 19.3 Å². The van der Waals surface area contributed by atoms with Gasteiger partial charge in [-0.05, 0) is 75.3 Å². The topological polar surface area (TPSA) is 98.3 Å². The molecule has 1 amide bonds. The molecular formula is C24H26N6O2. The quantitative estimate of drug-likeness (QED) is 0.683. The van der Waals surface area contributed by atoms with E-state index in [0.29, 0.717) is 22.5 Å². The average Bonchev–Trinajstić information content (AvgIpc) is 3.19. The van der Waals surface area contributed by atoms with Gasteiger partial charge in [0.25, 0.3) is 5.91 Å². The number of nitriles is 1. The third kappa shape index (κ3) is 4.07. The van der Waals surface area contributed by atoms with Crippen molar-refractivity contribution in [3.63, 3.8) is 0 Å². The summed E-state index contributed by atoms with van der Waals surface area (Å²) in [6, 6.07) is 11.0. The van der Waals surface area contributed by atoms with E-state index >= 15 is 0 Å². The van der Waals surface area contributed by atoms with Gasteiger partial charge in [-0.2, -0.15) is 15.0 Å². The molecule has 0 spiro atoms. The van der Waals surface area contributed by atoms with E-state index in [-0.39, 0.29) is 17.8 Å². The monoisotopic (exact) mass is 430 g/mol. The normalized spacial score (nSPS) is 14.8. The number of carbonyl (C=O) groups excluding carboxylic acids is 1. The van der Waals surface area contributed by atoms with Crippen LogP contribution in [0.1, 0.15) is 34.3 Å². The van der Waals surface area contributed by atoms with Crippen molar-refractivity contribution >= 4 is 5.91 Å². The molecule has 3 aromatic rings. The van der Waals surface area contributed by atoms with Crippen molar-refractivity contribution in [1.29, 1.82) is 5.26 Å². The molecule has 1 aromatic carbocycles. The number of nitrogens with zero attached hydrogens (tertiary/aromatic N) is 6. The number of amides is 1. The molecule has 0 saturated carbocycles. The Morgan fingerprint density at radius 3 is 2.56 bits per heavy atom. The molecule has 0 aliphatic carbocycles. The Kier molecular flexibility index (Phi) is 5.93. The number of aromatic nitrogens is 3. The van der Waals surface area contributed by atoms with Gasteiger partial charge >= 0.3 is 0 Å². The Balaban J connectivity index is 1.54. The molecule has 2 aromatic heterocycles. The minimum atomic E-state index is -0.0582. The molecule has 1 N–H and O–H groups in total. The van der Waals surface area contributed by atoms with Gasteiger partial charge in [0.1, 0.15) is 0 Å². The van der Waals surface area contributed by atoms with Gasteiger partial charge in [-0.3, -0.25) is 4.79 Å². The van der Waals surface area contributed by atoms with Crippen molar-refractivity contribution in [3.8, 4) is 28.9 Å². The van der Waals surface area contributed by atoms with E-state index in [1.807, 2.05) is 14.0 Å². The highest BCUT2D eigenvalue weighted by molar-refractivity contribution is 5.94. The molecule has 164 valence electrons. The van der Waals surface area contributed by atoms with E-state index in [2.05, 4.69) is 28.1 Å². The molecule has 1 saturated heterocycles. The van der Waals surface area contributed by atoms with Crippen LogP contribution in [0, 0.1) is 18.3 Å². The second-order valence-corrected chi connectivity index (χ2v) is 8.29. The van der Waals surface area contributed by atoms with Gasteiger partial charge in [0.15, 0.2) is 5.82 Å². The van der Waals surface area contributed by atoms with Gasteiger partial charge in [-0.15, -0.1) is 0 Å². The van der Waals surface area contributed by atoms with Crippen LogP contribution in [0.5, 0.6) is 5.88 Å². The van der Waals surface area contributed by atoms with Crippen molar-refractivity contribution in [2.24, 2.45) is 0 Å². The first-order chi connectivity index (χ1) is 15.4. The van der Waals surface area contributed by atoms with Gasteiger partial charge in [0.05, 0.1) is 29.0 Å². The number of likely N-dealkylation sites (tertiary alicyclic amines) is 1. The van der Waals surface area contributed by atoms with Gasteiger partial charge < -0.3 is 14.9 Å². The molecule has 1 fully saturated rings. The number of piperidine rings is 1. The predicted octanol–water partition coefficient (Wildman–Crippen LogP) is 2.99. The van der Waals surface area contributed by atoms with Crippen LogP contribution in [0.25, 0.3) is 16.9 Å². The molecule has 1 aliphatic heterocycles. The Bertz CT molecular complexity index is 1170. The molecule has 32 heavy (non-hydrogen) atoms. The van der Waals surface area contributed by atoms with Crippen LogP contribution in [-0.4, -0.2) is 68.8 Å². The van der Waals surface area contributed by atoms with Crippen LogP contribution in [0.4, 0.5) is 0 Å². The fourth-order valence-corrected chi connectivity index (χ4v) is 4.12. The maximum atomic E-state index is 12.9. The fraction of sp³-hybridized carbons (Fsp3) is 0.333. The second-order valence-electron chi connectivity index (χ2n) is 8.29. The van der Waals surface area contributed by atoms with Crippen molar-refractivity contribution in [1.82, 2.24) is 24.6 Å². The fourth-order valence-electron chi connectivity index (χ4n) is 4.12. The molecule has 8 nitrogen and oxygen atoms in total. The first-order valence-electron chi connectivity index (χ1n) is 10.6. The standard InChI is InChI=1S/C24H26N6O2/c1-16-12-17(13-25)4-6-20(16)21-15-27-30(24(21)32)22-7-5-18(14-26-22)23(31)29(3)19-8-10-28(2)11-9-19/h4-7,12,14-15,19,32H,8-11H2,1-3H3. The maximum absolute atomic E-state index is 12.9. The highest BCUT2D eigenvalue weighted by atomic mass is 16.3. The summed E-state index contributed by atoms with van der Waals surface area (Å²) >= 11 is 0. The smallest absolute Gasteiger partial charge is 0.255 e. The highest BCUT2D eigenvalue weighted by Crippen LogP contribution is 2.33. The number of aryl methyl sites for hydroxylation is 1. The SMILES string of the molecule is Cc1cc(C#N)ccc1-c1cnn(-c2ccc(C(=O)N(C)C3CCN(C)CC3)cn2)c1O. The maximum Gasteiger partial charge on any atom is 0.255 e. The summed E-state index contributed by atoms with van der Waals surface area (Å²) in [5.41, 5.74) is 3.27. The molecule has 0 radical (unpaired) electrons. The van der Waals surface area contributed by atoms with E-state index in [0.717, 1.165) is 37.1 Å². The minimum Gasteiger partial charge on any atom is -0.493 e. The summed E-state index contributed by atoms with van der Waals surface area (Å²) in [5, 5.41) is 24.1. The molecule has 0 bridgehead atoms. The lowest BCUT2D eigenvalue weighted by atomic mass is 10.0. The number of aromatic hydroxyl groups is 1. The van der Waals surface area contributed by atoms with Gasteiger partial charge in [-0.25, -0.2) is 4.98 Å². The number of rotatable bonds is 4. The average molecular weight is 431 g/mol. The number of hydrogen-bond acceptors (Lipinski definition) is 6. The zero-order chi connectivity index (χ0) is 22.8. The summed E-state index contributed by atoms with van der Waals surface area (Å²) in [6.45, 7) is 3.85. The Morgan fingerprint density at radius 1 is 1.19 bits per heavy atom. The zero-order valence-corrected chi connectivity index (χ0v) is 18.5. The van der Waals surface area contributed by atoms with E-state index in [4.69, 9.17) is 5.26 Å². The highest BCUT2D eigenvalue weighted by Gasteiger charge is 2.25. The lowest BCUT2D eigenvalue weighted by Crippen LogP contribution is -2.44.